The summed E-state index contributed by atoms with van der Waals surface area (Å²) in [7, 11) is -3.81. The molecule has 1 N–H and O–H groups in total. The molecule has 8 nitrogen and oxygen atoms in total. The molecule has 0 saturated carbocycles. The van der Waals surface area contributed by atoms with Gasteiger partial charge in [0, 0.05) is 24.6 Å². The fourth-order valence-electron chi connectivity index (χ4n) is 3.17. The van der Waals surface area contributed by atoms with Crippen LogP contribution in [0, 0.1) is 10.1 Å². The largest absolute Gasteiger partial charge is 0.374 e. The van der Waals surface area contributed by atoms with Crippen LogP contribution in [0.4, 0.5) is 17.1 Å². The van der Waals surface area contributed by atoms with Crippen LogP contribution in [0.25, 0.3) is 0 Å². The van der Waals surface area contributed by atoms with Crippen LogP contribution in [-0.2, 0) is 14.6 Å². The van der Waals surface area contributed by atoms with Crippen LogP contribution < -0.4 is 10.2 Å². The number of carbonyl (C=O) groups excluding carboxylic acids is 1. The van der Waals surface area contributed by atoms with Crippen molar-refractivity contribution in [3.63, 3.8) is 0 Å². The molecule has 0 radical (unpaired) electrons. The first-order valence-corrected chi connectivity index (χ1v) is 10.8. The molecule has 0 aromatic heterocycles. The average Bonchev–Trinajstić information content (AvgIpc) is 2.63. The number of nitro groups is 1. The highest BCUT2D eigenvalue weighted by Crippen LogP contribution is 2.31. The first-order valence-electron chi connectivity index (χ1n) is 8.49. The van der Waals surface area contributed by atoms with Gasteiger partial charge in [-0.05, 0) is 37.1 Å². The van der Waals surface area contributed by atoms with E-state index in [2.05, 4.69) is 5.32 Å². The Bertz CT molecular complexity index is 1040. The lowest BCUT2D eigenvalue weighted by molar-refractivity contribution is -0.387. The van der Waals surface area contributed by atoms with Crippen LogP contribution in [0.15, 0.2) is 47.4 Å². The number of amides is 1. The summed E-state index contributed by atoms with van der Waals surface area (Å²) in [4.78, 5) is 24.5. The van der Waals surface area contributed by atoms with Crippen LogP contribution >= 0.6 is 11.6 Å². The van der Waals surface area contributed by atoms with Crippen molar-refractivity contribution in [1.82, 2.24) is 0 Å². The second kappa shape index (κ2) is 7.76. The Balaban J connectivity index is 1.88. The Hall–Kier alpha value is -2.65. The number of nitrogens with one attached hydrogen (secondary N) is 1. The SMILES string of the molecule is CS(=O)(=O)c1cc(NC2CCCN(c3ccccc3Cl)C2=O)ccc1[N+](=O)[O-]. The maximum absolute atomic E-state index is 12.9. The van der Waals surface area contributed by atoms with Crippen LogP contribution in [-0.4, -0.2) is 38.1 Å². The van der Waals surface area contributed by atoms with E-state index in [1.807, 2.05) is 0 Å². The van der Waals surface area contributed by atoms with Gasteiger partial charge in [-0.25, -0.2) is 8.42 Å². The quantitative estimate of drug-likeness (QED) is 0.583. The molecule has 0 bridgehead atoms. The molecular weight excluding hydrogens is 406 g/mol. The number of anilines is 2. The molecule has 0 spiro atoms. The number of hydrogen-bond donors (Lipinski definition) is 1. The third-order valence-corrected chi connectivity index (χ3v) is 5.92. The summed E-state index contributed by atoms with van der Waals surface area (Å²) in [6, 6.07) is 10.1. The Morgan fingerprint density at radius 1 is 1.25 bits per heavy atom. The second-order valence-electron chi connectivity index (χ2n) is 6.49. The lowest BCUT2D eigenvalue weighted by Crippen LogP contribution is -2.47. The summed E-state index contributed by atoms with van der Waals surface area (Å²) in [6.45, 7) is 0.523. The van der Waals surface area contributed by atoms with Gasteiger partial charge in [-0.2, -0.15) is 0 Å². The predicted molar refractivity (Wildman–Crippen MR) is 107 cm³/mol. The van der Waals surface area contributed by atoms with E-state index in [1.54, 1.807) is 29.2 Å². The molecule has 10 heteroatoms. The van der Waals surface area contributed by atoms with E-state index in [0.717, 1.165) is 18.7 Å². The highest BCUT2D eigenvalue weighted by atomic mass is 35.5. The van der Waals surface area contributed by atoms with Gasteiger partial charge in [0.1, 0.15) is 10.9 Å². The van der Waals surface area contributed by atoms with Gasteiger partial charge in [0.2, 0.25) is 5.91 Å². The summed E-state index contributed by atoms with van der Waals surface area (Å²) in [5.41, 5.74) is 0.437. The van der Waals surface area contributed by atoms with E-state index >= 15 is 0 Å². The van der Waals surface area contributed by atoms with E-state index in [4.69, 9.17) is 11.6 Å². The number of nitro benzene ring substituents is 1. The lowest BCUT2D eigenvalue weighted by Gasteiger charge is -2.33. The van der Waals surface area contributed by atoms with Crippen LogP contribution in [0.2, 0.25) is 5.02 Å². The molecule has 2 aromatic rings. The lowest BCUT2D eigenvalue weighted by atomic mass is 10.0. The van der Waals surface area contributed by atoms with Gasteiger partial charge >= 0.3 is 0 Å². The molecule has 0 aliphatic carbocycles. The van der Waals surface area contributed by atoms with Gasteiger partial charge in [-0.3, -0.25) is 14.9 Å². The standard InChI is InChI=1S/C18H18ClN3O5S/c1-28(26,27)17-11-12(8-9-16(17)22(24)25)20-14-6-4-10-21(18(14)23)15-7-3-2-5-13(15)19/h2-3,5,7-9,11,14,20H,4,6,10H2,1H3. The number of sulfone groups is 1. The molecule has 1 heterocycles. The number of carbonyl (C=O) groups is 1. The van der Waals surface area contributed by atoms with Crippen molar-refractivity contribution in [2.45, 2.75) is 23.8 Å². The Kier molecular flexibility index (Phi) is 5.57. The highest BCUT2D eigenvalue weighted by molar-refractivity contribution is 7.90. The fraction of sp³-hybridized carbons (Fsp3) is 0.278. The van der Waals surface area contributed by atoms with Crippen LogP contribution in [0.3, 0.4) is 0 Å². The maximum Gasteiger partial charge on any atom is 0.288 e. The Morgan fingerprint density at radius 3 is 2.61 bits per heavy atom. The van der Waals surface area contributed by atoms with E-state index in [1.165, 1.54) is 12.1 Å². The minimum absolute atomic E-state index is 0.196. The molecule has 1 atom stereocenters. The molecule has 1 aliphatic rings. The molecule has 148 valence electrons. The van der Waals surface area contributed by atoms with Crippen molar-refractivity contribution in [3.8, 4) is 0 Å². The molecule has 1 unspecified atom stereocenters. The number of piperidine rings is 1. The van der Waals surface area contributed by atoms with Gasteiger partial charge in [0.25, 0.3) is 5.69 Å². The molecule has 3 rings (SSSR count). The number of benzene rings is 2. The zero-order chi connectivity index (χ0) is 20.5. The van der Waals surface area contributed by atoms with Crippen molar-refractivity contribution < 1.29 is 18.1 Å². The van der Waals surface area contributed by atoms with Gasteiger partial charge < -0.3 is 10.2 Å². The first-order chi connectivity index (χ1) is 13.2. The summed E-state index contributed by atoms with van der Waals surface area (Å²) < 4.78 is 23.8. The third kappa shape index (κ3) is 4.10. The Labute approximate surface area is 167 Å². The summed E-state index contributed by atoms with van der Waals surface area (Å²) in [5.74, 6) is -0.196. The number of para-hydroxylation sites is 1. The summed E-state index contributed by atoms with van der Waals surface area (Å²) in [6.07, 6.45) is 2.18. The maximum atomic E-state index is 12.9. The molecule has 1 fully saturated rings. The van der Waals surface area contributed by atoms with Crippen LogP contribution in [0.5, 0.6) is 0 Å². The molecule has 1 saturated heterocycles. The van der Waals surface area contributed by atoms with E-state index in [0.29, 0.717) is 29.4 Å². The molecule has 1 amide bonds. The van der Waals surface area contributed by atoms with Crippen molar-refractivity contribution in [1.29, 1.82) is 0 Å². The van der Waals surface area contributed by atoms with Crippen LogP contribution in [0.1, 0.15) is 12.8 Å². The second-order valence-corrected chi connectivity index (χ2v) is 8.88. The molecule has 28 heavy (non-hydrogen) atoms. The first kappa shape index (κ1) is 20.1. The smallest absolute Gasteiger partial charge is 0.288 e. The Morgan fingerprint density at radius 2 is 1.96 bits per heavy atom. The van der Waals surface area contributed by atoms with E-state index in [-0.39, 0.29) is 5.91 Å². The van der Waals surface area contributed by atoms with Crippen molar-refractivity contribution >= 4 is 44.4 Å². The summed E-state index contributed by atoms with van der Waals surface area (Å²) in [5, 5.41) is 14.6. The van der Waals surface area contributed by atoms with Crippen molar-refractivity contribution in [2.75, 3.05) is 23.0 Å². The van der Waals surface area contributed by atoms with Crippen molar-refractivity contribution in [3.05, 3.63) is 57.6 Å². The summed E-state index contributed by atoms with van der Waals surface area (Å²) >= 11 is 6.20. The average molecular weight is 424 g/mol. The highest BCUT2D eigenvalue weighted by Gasteiger charge is 2.31. The zero-order valence-corrected chi connectivity index (χ0v) is 16.5. The minimum Gasteiger partial charge on any atom is -0.374 e. The molecular formula is C18H18ClN3O5S. The topological polar surface area (TPSA) is 110 Å². The van der Waals surface area contributed by atoms with Gasteiger partial charge in [-0.1, -0.05) is 23.7 Å². The van der Waals surface area contributed by atoms with E-state index in [9.17, 15) is 23.3 Å². The molecule has 1 aliphatic heterocycles. The monoisotopic (exact) mass is 423 g/mol. The fourth-order valence-corrected chi connectivity index (χ4v) is 4.27. The normalized spacial score (nSPS) is 17.4. The van der Waals surface area contributed by atoms with Gasteiger partial charge in [-0.15, -0.1) is 0 Å². The van der Waals surface area contributed by atoms with Gasteiger partial charge in [0.05, 0.1) is 15.6 Å². The number of nitrogens with zero attached hydrogens (tertiary/aromatic N) is 2. The third-order valence-electron chi connectivity index (χ3n) is 4.48. The predicted octanol–water partition coefficient (Wildman–Crippen LogP) is 3.26. The van der Waals surface area contributed by atoms with E-state index < -0.39 is 31.4 Å². The number of hydrogen-bond acceptors (Lipinski definition) is 6. The molecule has 2 aromatic carbocycles. The van der Waals surface area contributed by atoms with Gasteiger partial charge in [0.15, 0.2) is 9.84 Å². The number of rotatable bonds is 5. The zero-order valence-electron chi connectivity index (χ0n) is 15.0. The van der Waals surface area contributed by atoms with Crippen molar-refractivity contribution in [2.24, 2.45) is 0 Å². The minimum atomic E-state index is -3.81. The number of halogens is 1.